The first-order valence-corrected chi connectivity index (χ1v) is 10.9. The van der Waals surface area contributed by atoms with E-state index in [1.807, 2.05) is 35.4 Å². The highest BCUT2D eigenvalue weighted by Crippen LogP contribution is 2.27. The Balaban J connectivity index is 1.39. The van der Waals surface area contributed by atoms with Crippen molar-refractivity contribution >= 4 is 17.6 Å². The third kappa shape index (κ3) is 4.71. The third-order valence-corrected chi connectivity index (χ3v) is 6.07. The Hall–Kier alpha value is -3.77. The van der Waals surface area contributed by atoms with E-state index in [1.165, 1.54) is 0 Å². The topological polar surface area (TPSA) is 108 Å². The second-order valence-electron chi connectivity index (χ2n) is 8.24. The van der Waals surface area contributed by atoms with Crippen LogP contribution in [-0.4, -0.2) is 58.9 Å². The Bertz CT molecular complexity index is 1190. The number of nitrogens with one attached hydrogen (secondary N) is 1. The van der Waals surface area contributed by atoms with Gasteiger partial charge in [-0.2, -0.15) is 5.26 Å². The standard InChI is InChI=1S/C24H27N5O4/c1-16-6-7-21(33-16)24(31)28-10-8-27(9-11-28)15-22(30)26-23-20(13-25)17(2)18(3)29(23)14-19-5-4-12-32-19/h4-7,12H,8-11,14-15H2,1-3H3,(H,26,30). The summed E-state index contributed by atoms with van der Waals surface area (Å²) in [6.45, 7) is 8.39. The number of aromatic nitrogens is 1. The van der Waals surface area contributed by atoms with Crippen LogP contribution in [0.2, 0.25) is 0 Å². The van der Waals surface area contributed by atoms with E-state index in [0.717, 1.165) is 17.0 Å². The summed E-state index contributed by atoms with van der Waals surface area (Å²) < 4.78 is 12.8. The summed E-state index contributed by atoms with van der Waals surface area (Å²) in [5, 5.41) is 12.6. The van der Waals surface area contributed by atoms with Crippen molar-refractivity contribution in [3.8, 4) is 6.07 Å². The Morgan fingerprint density at radius 3 is 2.48 bits per heavy atom. The Kier molecular flexibility index (Phi) is 6.38. The van der Waals surface area contributed by atoms with Crippen molar-refractivity contribution in [2.45, 2.75) is 27.3 Å². The second-order valence-corrected chi connectivity index (χ2v) is 8.24. The van der Waals surface area contributed by atoms with E-state index in [2.05, 4.69) is 11.4 Å². The molecule has 0 radical (unpaired) electrons. The first-order valence-electron chi connectivity index (χ1n) is 10.9. The van der Waals surface area contributed by atoms with Crippen LogP contribution >= 0.6 is 0 Å². The minimum Gasteiger partial charge on any atom is -0.467 e. The van der Waals surface area contributed by atoms with Crippen LogP contribution in [0.3, 0.4) is 0 Å². The van der Waals surface area contributed by atoms with Crippen molar-refractivity contribution < 1.29 is 18.4 Å². The molecule has 0 bridgehead atoms. The quantitative estimate of drug-likeness (QED) is 0.620. The van der Waals surface area contributed by atoms with Gasteiger partial charge in [-0.05, 0) is 50.6 Å². The number of rotatable bonds is 6. The second kappa shape index (κ2) is 9.38. The van der Waals surface area contributed by atoms with E-state index < -0.39 is 0 Å². The Morgan fingerprint density at radius 1 is 1.12 bits per heavy atom. The molecule has 3 aromatic heterocycles. The first-order chi connectivity index (χ1) is 15.9. The number of nitriles is 1. The molecule has 4 rings (SSSR count). The van der Waals surface area contributed by atoms with Crippen LogP contribution in [0.4, 0.5) is 5.82 Å². The maximum atomic E-state index is 12.9. The zero-order valence-corrected chi connectivity index (χ0v) is 19.1. The maximum absolute atomic E-state index is 12.9. The Morgan fingerprint density at radius 2 is 1.88 bits per heavy atom. The molecule has 0 spiro atoms. The van der Waals surface area contributed by atoms with E-state index in [4.69, 9.17) is 8.83 Å². The number of nitrogens with zero attached hydrogens (tertiary/aromatic N) is 4. The first kappa shape index (κ1) is 22.4. The number of aryl methyl sites for hydroxylation is 1. The molecule has 0 atom stereocenters. The number of hydrogen-bond donors (Lipinski definition) is 1. The molecule has 1 aliphatic heterocycles. The Labute approximate surface area is 192 Å². The summed E-state index contributed by atoms with van der Waals surface area (Å²) in [7, 11) is 0. The third-order valence-electron chi connectivity index (χ3n) is 6.07. The summed E-state index contributed by atoms with van der Waals surface area (Å²) in [5.74, 6) is 1.92. The summed E-state index contributed by atoms with van der Waals surface area (Å²) in [6.07, 6.45) is 1.60. The normalized spacial score (nSPS) is 14.3. The number of carbonyl (C=O) groups is 2. The summed E-state index contributed by atoms with van der Waals surface area (Å²) in [4.78, 5) is 29.2. The molecule has 0 aromatic carbocycles. The van der Waals surface area contributed by atoms with Gasteiger partial charge in [0.15, 0.2) is 5.76 Å². The van der Waals surface area contributed by atoms with E-state index >= 15 is 0 Å². The van der Waals surface area contributed by atoms with Gasteiger partial charge < -0.3 is 23.6 Å². The molecule has 2 amide bonds. The lowest BCUT2D eigenvalue weighted by molar-refractivity contribution is -0.117. The van der Waals surface area contributed by atoms with Crippen molar-refractivity contribution in [2.75, 3.05) is 38.0 Å². The van der Waals surface area contributed by atoms with E-state index in [0.29, 0.717) is 55.6 Å². The zero-order chi connectivity index (χ0) is 23.5. The average Bonchev–Trinajstić information content (AvgIpc) is 3.52. The maximum Gasteiger partial charge on any atom is 0.289 e. The molecular weight excluding hydrogens is 422 g/mol. The lowest BCUT2D eigenvalue weighted by Gasteiger charge is -2.33. The molecule has 33 heavy (non-hydrogen) atoms. The molecular formula is C24H27N5O4. The highest BCUT2D eigenvalue weighted by Gasteiger charge is 2.26. The number of carbonyl (C=O) groups excluding carboxylic acids is 2. The fraction of sp³-hybridized carbons (Fsp3) is 0.375. The largest absolute Gasteiger partial charge is 0.467 e. The number of furan rings is 2. The smallest absolute Gasteiger partial charge is 0.289 e. The van der Waals surface area contributed by atoms with Gasteiger partial charge in [-0.25, -0.2) is 0 Å². The highest BCUT2D eigenvalue weighted by molar-refractivity contribution is 5.93. The number of piperazine rings is 1. The summed E-state index contributed by atoms with van der Waals surface area (Å²) >= 11 is 0. The van der Waals surface area contributed by atoms with Crippen LogP contribution in [0.25, 0.3) is 0 Å². The lowest BCUT2D eigenvalue weighted by atomic mass is 10.2. The number of anilines is 1. The van der Waals surface area contributed by atoms with Crippen LogP contribution in [0.15, 0.2) is 39.4 Å². The number of hydrogen-bond acceptors (Lipinski definition) is 6. The van der Waals surface area contributed by atoms with Crippen LogP contribution < -0.4 is 5.32 Å². The monoisotopic (exact) mass is 449 g/mol. The highest BCUT2D eigenvalue weighted by atomic mass is 16.4. The molecule has 0 unspecified atom stereocenters. The van der Waals surface area contributed by atoms with Gasteiger partial charge in [0.1, 0.15) is 23.4 Å². The lowest BCUT2D eigenvalue weighted by Crippen LogP contribution is -2.50. The van der Waals surface area contributed by atoms with Crippen LogP contribution in [0, 0.1) is 32.1 Å². The minimum absolute atomic E-state index is 0.132. The fourth-order valence-corrected chi connectivity index (χ4v) is 4.08. The van der Waals surface area contributed by atoms with Crippen molar-refractivity contribution in [3.05, 3.63) is 64.6 Å². The van der Waals surface area contributed by atoms with Crippen LogP contribution in [0.1, 0.15) is 38.9 Å². The average molecular weight is 450 g/mol. The predicted octanol–water partition coefficient (Wildman–Crippen LogP) is 2.92. The molecule has 9 nitrogen and oxygen atoms in total. The molecule has 4 heterocycles. The van der Waals surface area contributed by atoms with Crippen molar-refractivity contribution in [2.24, 2.45) is 0 Å². The van der Waals surface area contributed by atoms with Gasteiger partial charge in [-0.15, -0.1) is 0 Å². The van der Waals surface area contributed by atoms with Gasteiger partial charge in [-0.1, -0.05) is 0 Å². The molecule has 9 heteroatoms. The van der Waals surface area contributed by atoms with Gasteiger partial charge >= 0.3 is 0 Å². The summed E-state index contributed by atoms with van der Waals surface area (Å²) in [6, 6.07) is 9.34. The SMILES string of the molecule is Cc1ccc(C(=O)N2CCN(CC(=O)Nc3c(C#N)c(C)c(C)n3Cc3ccco3)CC2)o1. The number of amides is 2. The van der Waals surface area contributed by atoms with Crippen molar-refractivity contribution in [1.29, 1.82) is 5.26 Å². The molecule has 3 aromatic rings. The van der Waals surface area contributed by atoms with Crippen molar-refractivity contribution in [1.82, 2.24) is 14.4 Å². The molecule has 0 saturated carbocycles. The predicted molar refractivity (Wildman–Crippen MR) is 121 cm³/mol. The van der Waals surface area contributed by atoms with Gasteiger partial charge in [-0.3, -0.25) is 14.5 Å². The van der Waals surface area contributed by atoms with Crippen LogP contribution in [0.5, 0.6) is 0 Å². The van der Waals surface area contributed by atoms with Gasteiger partial charge in [0.2, 0.25) is 5.91 Å². The van der Waals surface area contributed by atoms with Crippen LogP contribution in [-0.2, 0) is 11.3 Å². The zero-order valence-electron chi connectivity index (χ0n) is 19.1. The van der Waals surface area contributed by atoms with E-state index in [1.54, 1.807) is 30.2 Å². The van der Waals surface area contributed by atoms with Gasteiger partial charge in [0, 0.05) is 31.9 Å². The molecule has 0 aliphatic carbocycles. The van der Waals surface area contributed by atoms with E-state index in [9.17, 15) is 14.9 Å². The van der Waals surface area contributed by atoms with Crippen molar-refractivity contribution in [3.63, 3.8) is 0 Å². The molecule has 1 N–H and O–H groups in total. The van der Waals surface area contributed by atoms with Gasteiger partial charge in [0.05, 0.1) is 24.9 Å². The van der Waals surface area contributed by atoms with E-state index in [-0.39, 0.29) is 18.4 Å². The minimum atomic E-state index is -0.203. The molecule has 172 valence electrons. The summed E-state index contributed by atoms with van der Waals surface area (Å²) in [5.41, 5.74) is 2.19. The fourth-order valence-electron chi connectivity index (χ4n) is 4.08. The molecule has 1 aliphatic rings. The molecule has 1 saturated heterocycles. The van der Waals surface area contributed by atoms with Gasteiger partial charge in [0.25, 0.3) is 5.91 Å². The molecule has 1 fully saturated rings.